The van der Waals surface area contributed by atoms with Crippen molar-refractivity contribution >= 4 is 6.29 Å². The van der Waals surface area contributed by atoms with Crippen molar-refractivity contribution in [2.75, 3.05) is 0 Å². The monoisotopic (exact) mass is 296 g/mol. The zero-order valence-corrected chi connectivity index (χ0v) is 11.6. The molecular weight excluding hydrogens is 283 g/mol. The van der Waals surface area contributed by atoms with Gasteiger partial charge in [-0.3, -0.25) is 9.89 Å². The summed E-state index contributed by atoms with van der Waals surface area (Å²) in [4.78, 5) is 10.9. The molecular formula is C17H13FN2O2. The van der Waals surface area contributed by atoms with Crippen molar-refractivity contribution in [3.8, 4) is 17.0 Å². The molecule has 3 rings (SSSR count). The number of nitrogens with zero attached hydrogens (tertiary/aromatic N) is 1. The van der Waals surface area contributed by atoms with Crippen LogP contribution in [0.15, 0.2) is 54.7 Å². The van der Waals surface area contributed by atoms with E-state index in [1.807, 2.05) is 30.3 Å². The van der Waals surface area contributed by atoms with Gasteiger partial charge in [0.2, 0.25) is 0 Å². The van der Waals surface area contributed by atoms with Crippen molar-refractivity contribution in [2.24, 2.45) is 0 Å². The zero-order chi connectivity index (χ0) is 15.4. The first-order valence-corrected chi connectivity index (χ1v) is 6.73. The Kier molecular flexibility index (Phi) is 3.96. The van der Waals surface area contributed by atoms with Crippen LogP contribution < -0.4 is 4.74 Å². The van der Waals surface area contributed by atoms with Gasteiger partial charge in [-0.15, -0.1) is 0 Å². The first-order valence-electron chi connectivity index (χ1n) is 6.73. The summed E-state index contributed by atoms with van der Waals surface area (Å²) in [5.41, 5.74) is 2.29. The van der Waals surface area contributed by atoms with Crippen molar-refractivity contribution in [1.82, 2.24) is 10.2 Å². The Morgan fingerprint density at radius 3 is 2.73 bits per heavy atom. The summed E-state index contributed by atoms with van der Waals surface area (Å²) in [5, 5.41) is 6.55. The summed E-state index contributed by atoms with van der Waals surface area (Å²) in [6, 6.07) is 14.0. The van der Waals surface area contributed by atoms with Gasteiger partial charge in [0, 0.05) is 11.8 Å². The number of carbonyl (C=O) groups excluding carboxylic acids is 1. The summed E-state index contributed by atoms with van der Waals surface area (Å²) in [5.74, 6) is -0.330. The lowest BCUT2D eigenvalue weighted by atomic mass is 10.1. The number of aldehydes is 1. The topological polar surface area (TPSA) is 55.0 Å². The van der Waals surface area contributed by atoms with Gasteiger partial charge in [0.15, 0.2) is 17.9 Å². The second-order valence-corrected chi connectivity index (χ2v) is 4.73. The fourth-order valence-corrected chi connectivity index (χ4v) is 2.12. The summed E-state index contributed by atoms with van der Waals surface area (Å²) < 4.78 is 19.6. The van der Waals surface area contributed by atoms with Gasteiger partial charge in [-0.1, -0.05) is 30.3 Å². The third kappa shape index (κ3) is 2.88. The minimum atomic E-state index is -0.492. The Morgan fingerprint density at radius 2 is 2.00 bits per heavy atom. The number of rotatable bonds is 5. The van der Waals surface area contributed by atoms with Crippen LogP contribution in [0.3, 0.4) is 0 Å². The number of hydrogen-bond donors (Lipinski definition) is 1. The Labute approximate surface area is 126 Å². The first kappa shape index (κ1) is 14.0. The predicted molar refractivity (Wildman–Crippen MR) is 80.1 cm³/mol. The number of halogens is 1. The van der Waals surface area contributed by atoms with Crippen LogP contribution >= 0.6 is 0 Å². The molecule has 4 nitrogen and oxygen atoms in total. The maximum atomic E-state index is 14.1. The molecule has 1 heterocycles. The van der Waals surface area contributed by atoms with Crippen molar-refractivity contribution in [3.05, 3.63) is 71.7 Å². The van der Waals surface area contributed by atoms with Gasteiger partial charge < -0.3 is 4.74 Å². The standard InChI is InChI=1S/C17H13FN2O2/c18-15-8-13(17-14(10-21)9-19-20-17)6-7-16(15)22-11-12-4-2-1-3-5-12/h1-10H,11H2,(H,19,20). The quantitative estimate of drug-likeness (QED) is 0.732. The van der Waals surface area contributed by atoms with Crippen molar-refractivity contribution in [2.45, 2.75) is 6.61 Å². The van der Waals surface area contributed by atoms with Crippen molar-refractivity contribution < 1.29 is 13.9 Å². The van der Waals surface area contributed by atoms with Crippen LogP contribution in [0.2, 0.25) is 0 Å². The fourth-order valence-electron chi connectivity index (χ4n) is 2.12. The molecule has 5 heteroatoms. The average Bonchev–Trinajstić information content (AvgIpc) is 3.03. The number of ether oxygens (including phenoxy) is 1. The van der Waals surface area contributed by atoms with Crippen LogP contribution in [-0.2, 0) is 6.61 Å². The van der Waals surface area contributed by atoms with E-state index in [0.29, 0.717) is 29.7 Å². The normalized spacial score (nSPS) is 10.4. The van der Waals surface area contributed by atoms with Crippen LogP contribution in [0.5, 0.6) is 5.75 Å². The number of aromatic amines is 1. The first-order chi connectivity index (χ1) is 10.8. The SMILES string of the molecule is O=Cc1c[nH]nc1-c1ccc(OCc2ccccc2)c(F)c1. The van der Waals surface area contributed by atoms with Crippen LogP contribution in [0.25, 0.3) is 11.3 Å². The van der Waals surface area contributed by atoms with E-state index in [1.165, 1.54) is 18.3 Å². The minimum Gasteiger partial charge on any atom is -0.486 e. The number of nitrogens with one attached hydrogen (secondary N) is 1. The molecule has 0 saturated carbocycles. The van der Waals surface area contributed by atoms with Gasteiger partial charge in [-0.05, 0) is 23.8 Å². The van der Waals surface area contributed by atoms with Gasteiger partial charge >= 0.3 is 0 Å². The minimum absolute atomic E-state index is 0.163. The summed E-state index contributed by atoms with van der Waals surface area (Å²) >= 11 is 0. The molecule has 22 heavy (non-hydrogen) atoms. The Morgan fingerprint density at radius 1 is 1.18 bits per heavy atom. The Bertz CT molecular complexity index is 784. The maximum absolute atomic E-state index is 14.1. The van der Waals surface area contributed by atoms with Gasteiger partial charge in [0.25, 0.3) is 0 Å². The summed E-state index contributed by atoms with van der Waals surface area (Å²) in [6.45, 7) is 0.291. The molecule has 0 radical (unpaired) electrons. The van der Waals surface area contributed by atoms with Gasteiger partial charge in [-0.25, -0.2) is 4.39 Å². The third-order valence-electron chi connectivity index (χ3n) is 3.24. The van der Waals surface area contributed by atoms with Crippen molar-refractivity contribution in [1.29, 1.82) is 0 Å². The summed E-state index contributed by atoms with van der Waals surface area (Å²) in [6.07, 6.45) is 2.15. The average molecular weight is 296 g/mol. The molecule has 0 spiro atoms. The van der Waals surface area contributed by atoms with E-state index in [0.717, 1.165) is 5.56 Å². The lowest BCUT2D eigenvalue weighted by Crippen LogP contribution is -1.97. The van der Waals surface area contributed by atoms with Crippen LogP contribution in [-0.4, -0.2) is 16.5 Å². The molecule has 2 aromatic carbocycles. The number of carbonyl (C=O) groups is 1. The van der Waals surface area contributed by atoms with E-state index < -0.39 is 5.82 Å². The molecule has 0 saturated heterocycles. The second-order valence-electron chi connectivity index (χ2n) is 4.73. The molecule has 110 valence electrons. The smallest absolute Gasteiger partial charge is 0.165 e. The number of H-pyrrole nitrogens is 1. The van der Waals surface area contributed by atoms with Crippen LogP contribution in [0.1, 0.15) is 15.9 Å². The Balaban J connectivity index is 1.79. The molecule has 3 aromatic rings. The van der Waals surface area contributed by atoms with E-state index in [2.05, 4.69) is 10.2 Å². The van der Waals surface area contributed by atoms with E-state index in [-0.39, 0.29) is 5.75 Å². The highest BCUT2D eigenvalue weighted by Gasteiger charge is 2.11. The third-order valence-corrected chi connectivity index (χ3v) is 3.24. The molecule has 1 N–H and O–H groups in total. The largest absolute Gasteiger partial charge is 0.486 e. The molecule has 0 fully saturated rings. The molecule has 0 atom stereocenters. The van der Waals surface area contributed by atoms with E-state index in [1.54, 1.807) is 6.07 Å². The predicted octanol–water partition coefficient (Wildman–Crippen LogP) is 3.61. The molecule has 0 unspecified atom stereocenters. The molecule has 0 bridgehead atoms. The highest BCUT2D eigenvalue weighted by atomic mass is 19.1. The molecule has 0 aliphatic heterocycles. The number of aromatic nitrogens is 2. The van der Waals surface area contributed by atoms with E-state index in [9.17, 15) is 9.18 Å². The zero-order valence-electron chi connectivity index (χ0n) is 11.6. The van der Waals surface area contributed by atoms with Crippen molar-refractivity contribution in [3.63, 3.8) is 0 Å². The molecule has 0 aliphatic rings. The molecule has 1 aromatic heterocycles. The second kappa shape index (κ2) is 6.22. The molecule has 0 aliphatic carbocycles. The van der Waals surface area contributed by atoms with Crippen LogP contribution in [0, 0.1) is 5.82 Å². The lowest BCUT2D eigenvalue weighted by molar-refractivity contribution is 0.112. The van der Waals surface area contributed by atoms with E-state index >= 15 is 0 Å². The summed E-state index contributed by atoms with van der Waals surface area (Å²) in [7, 11) is 0. The van der Waals surface area contributed by atoms with Gasteiger partial charge in [-0.2, -0.15) is 5.10 Å². The highest BCUT2D eigenvalue weighted by molar-refractivity contribution is 5.85. The van der Waals surface area contributed by atoms with Crippen LogP contribution in [0.4, 0.5) is 4.39 Å². The fraction of sp³-hybridized carbons (Fsp3) is 0.0588. The van der Waals surface area contributed by atoms with Gasteiger partial charge in [0.1, 0.15) is 12.3 Å². The number of hydrogen-bond acceptors (Lipinski definition) is 3. The number of benzene rings is 2. The van der Waals surface area contributed by atoms with E-state index in [4.69, 9.17) is 4.74 Å². The Hall–Kier alpha value is -2.95. The van der Waals surface area contributed by atoms with Gasteiger partial charge in [0.05, 0.1) is 5.56 Å². The molecule has 0 amide bonds. The lowest BCUT2D eigenvalue weighted by Gasteiger charge is -2.08. The highest BCUT2D eigenvalue weighted by Crippen LogP contribution is 2.26. The maximum Gasteiger partial charge on any atom is 0.165 e.